The van der Waals surface area contributed by atoms with E-state index in [9.17, 15) is 4.79 Å². The topological polar surface area (TPSA) is 65.8 Å². The third kappa shape index (κ3) is 6.95. The zero-order chi connectivity index (χ0) is 29.9. The second-order valence-electron chi connectivity index (χ2n) is 12.3. The summed E-state index contributed by atoms with van der Waals surface area (Å²) in [5.74, 6) is 1.08. The summed E-state index contributed by atoms with van der Waals surface area (Å²) in [6.45, 7) is 16.4. The van der Waals surface area contributed by atoms with Gasteiger partial charge in [-0.15, -0.1) is 0 Å². The first-order chi connectivity index (χ1) is 19.5. The van der Waals surface area contributed by atoms with Gasteiger partial charge in [-0.3, -0.25) is 9.80 Å². The summed E-state index contributed by atoms with van der Waals surface area (Å²) >= 11 is 13.3. The highest BCUT2D eigenvalue weighted by atomic mass is 35.5. The van der Waals surface area contributed by atoms with Crippen LogP contribution in [0.1, 0.15) is 71.9 Å². The predicted octanol–water partition coefficient (Wildman–Crippen LogP) is 8.62. The summed E-state index contributed by atoms with van der Waals surface area (Å²) in [4.78, 5) is 13.5. The Morgan fingerprint density at radius 1 is 0.902 bits per heavy atom. The van der Waals surface area contributed by atoms with E-state index in [4.69, 9.17) is 37.6 Å². The summed E-state index contributed by atoms with van der Waals surface area (Å²) in [5, 5.41) is 14.1. The van der Waals surface area contributed by atoms with E-state index >= 15 is 0 Å². The van der Waals surface area contributed by atoms with Gasteiger partial charge in [-0.2, -0.15) is 5.26 Å². The van der Waals surface area contributed by atoms with Gasteiger partial charge in [0.1, 0.15) is 11.5 Å². The van der Waals surface area contributed by atoms with E-state index in [2.05, 4.69) is 52.6 Å². The van der Waals surface area contributed by atoms with Gasteiger partial charge >= 0.3 is 0 Å². The van der Waals surface area contributed by atoms with Gasteiger partial charge in [0.2, 0.25) is 14.2 Å². The smallest absolute Gasteiger partial charge is 0.240 e. The Hall–Kier alpha value is -2.08. The average Bonchev–Trinajstić information content (AvgIpc) is 3.29. The van der Waals surface area contributed by atoms with Crippen molar-refractivity contribution in [3.05, 3.63) is 57.6 Å². The number of rotatable bonds is 10. The largest absolute Gasteiger partial charge is 0.457 e. The maximum Gasteiger partial charge on any atom is 0.240 e. The lowest BCUT2D eigenvalue weighted by molar-refractivity contribution is -0.149. The third-order valence-electron chi connectivity index (χ3n) is 8.91. The van der Waals surface area contributed by atoms with Gasteiger partial charge < -0.3 is 9.16 Å². The fraction of sp³-hybridized carbons (Fsp3) is 0.562. The van der Waals surface area contributed by atoms with Crippen molar-refractivity contribution in [3.8, 4) is 17.6 Å². The Morgan fingerprint density at radius 2 is 1.46 bits per heavy atom. The fourth-order valence-electron chi connectivity index (χ4n) is 6.90. The Kier molecular flexibility index (Phi) is 10.5. The van der Waals surface area contributed by atoms with Crippen molar-refractivity contribution >= 4 is 37.4 Å². The minimum atomic E-state index is -1.92. The van der Waals surface area contributed by atoms with Crippen LogP contribution in [0.5, 0.6) is 11.5 Å². The van der Waals surface area contributed by atoms with E-state index in [1.54, 1.807) is 36.4 Å². The van der Waals surface area contributed by atoms with Gasteiger partial charge in [0, 0.05) is 41.7 Å². The first-order valence-electron chi connectivity index (χ1n) is 14.9. The summed E-state index contributed by atoms with van der Waals surface area (Å²) in [6, 6.07) is 12.4. The van der Waals surface area contributed by atoms with E-state index < -0.39 is 8.32 Å². The molecule has 6 nitrogen and oxygen atoms in total. The summed E-state index contributed by atoms with van der Waals surface area (Å²) < 4.78 is 12.9. The average molecular weight is 617 g/mol. The van der Waals surface area contributed by atoms with Crippen LogP contribution < -0.4 is 4.74 Å². The molecule has 2 fully saturated rings. The Morgan fingerprint density at radius 3 is 1.98 bits per heavy atom. The highest BCUT2D eigenvalue weighted by Gasteiger charge is 2.47. The normalized spacial score (nSPS) is 19.0. The van der Waals surface area contributed by atoms with Crippen LogP contribution in [0.25, 0.3) is 0 Å². The number of halogens is 2. The molecule has 0 aliphatic carbocycles. The van der Waals surface area contributed by atoms with E-state index in [0.29, 0.717) is 56.7 Å². The molecule has 2 aromatic carbocycles. The van der Waals surface area contributed by atoms with E-state index in [1.807, 2.05) is 5.01 Å². The molecular weight excluding hydrogens is 573 g/mol. The Balaban J connectivity index is 1.35. The number of amides is 1. The van der Waals surface area contributed by atoms with Crippen LogP contribution in [0.3, 0.4) is 0 Å². The van der Waals surface area contributed by atoms with Crippen molar-refractivity contribution < 1.29 is 14.0 Å². The molecule has 0 N–H and O–H groups in total. The second kappa shape index (κ2) is 13.5. The van der Waals surface area contributed by atoms with Crippen molar-refractivity contribution in [2.24, 2.45) is 5.92 Å². The Labute approximate surface area is 256 Å². The number of ether oxygens (including phenoxy) is 1. The van der Waals surface area contributed by atoms with Crippen molar-refractivity contribution in [1.82, 2.24) is 10.0 Å². The second-order valence-corrected chi connectivity index (χ2v) is 18.6. The van der Waals surface area contributed by atoms with E-state index in [-0.39, 0.29) is 17.9 Å². The molecule has 0 bridgehead atoms. The maximum atomic E-state index is 13.5. The predicted molar refractivity (Wildman–Crippen MR) is 168 cm³/mol. The number of carbonyl (C=O) groups excluding carboxylic acids is 1. The van der Waals surface area contributed by atoms with Crippen molar-refractivity contribution in [1.29, 1.82) is 5.26 Å². The summed E-state index contributed by atoms with van der Waals surface area (Å²) in [7, 11) is -1.92. The summed E-state index contributed by atoms with van der Waals surface area (Å²) in [6.07, 6.45) is 3.44. The molecule has 4 rings (SSSR count). The minimum Gasteiger partial charge on any atom is -0.457 e. The monoisotopic (exact) mass is 615 g/mol. The highest BCUT2D eigenvalue weighted by molar-refractivity contribution is 6.77. The molecule has 9 heteroatoms. The number of hydrogen-bond donors (Lipinski definition) is 0. The van der Waals surface area contributed by atoms with Crippen LogP contribution in [-0.4, -0.2) is 50.0 Å². The first-order valence-corrected chi connectivity index (χ1v) is 17.8. The lowest BCUT2D eigenvalue weighted by Crippen LogP contribution is -2.54. The molecule has 0 saturated carbocycles. The van der Waals surface area contributed by atoms with Crippen LogP contribution in [-0.2, 0) is 15.6 Å². The minimum absolute atomic E-state index is 0.143. The highest BCUT2D eigenvalue weighted by Crippen LogP contribution is 2.44. The fourth-order valence-corrected chi connectivity index (χ4v) is 13.2. The molecular formula is C32H43Cl2N3O3Si. The molecule has 2 heterocycles. The number of hydrazine groups is 1. The molecule has 0 radical (unpaired) electrons. The third-order valence-corrected chi connectivity index (χ3v) is 15.7. The van der Waals surface area contributed by atoms with Gasteiger partial charge in [0.15, 0.2) is 0 Å². The zero-order valence-electron chi connectivity index (χ0n) is 25.1. The molecule has 2 aromatic rings. The van der Waals surface area contributed by atoms with Crippen LogP contribution in [0, 0.1) is 17.2 Å². The lowest BCUT2D eigenvalue weighted by Gasteiger charge is -2.47. The molecule has 1 unspecified atom stereocenters. The maximum absolute atomic E-state index is 13.5. The van der Waals surface area contributed by atoms with Gasteiger partial charge in [0.05, 0.1) is 11.6 Å². The Bertz CT molecular complexity index is 1210. The number of nitrogens with zero attached hydrogens (tertiary/aromatic N) is 3. The molecule has 1 amide bonds. The number of carbonyl (C=O) groups is 1. The molecule has 2 aliphatic rings. The number of piperidine rings is 1. The molecule has 2 saturated heterocycles. The quantitative estimate of drug-likeness (QED) is 0.250. The summed E-state index contributed by atoms with van der Waals surface area (Å²) in [5.41, 5.74) is 3.03. The molecule has 1 atom stereocenters. The molecule has 2 aliphatic heterocycles. The lowest BCUT2D eigenvalue weighted by atomic mass is 9.98. The molecule has 0 aromatic heterocycles. The van der Waals surface area contributed by atoms with E-state index in [1.165, 1.54) is 0 Å². The van der Waals surface area contributed by atoms with Gasteiger partial charge in [0.25, 0.3) is 0 Å². The van der Waals surface area contributed by atoms with Crippen LogP contribution in [0.4, 0.5) is 0 Å². The zero-order valence-corrected chi connectivity index (χ0v) is 27.6. The standard InChI is InChI=1S/C32H43Cl2N3O3Si/c1-21(2)41(22(3)4,23(5)6)40-27-12-14-36(15-13-27)37-16-11-25(32(37)38)17-29-30(33)18-28(19-31(29)34)39-26-9-7-24(20-35)8-10-26/h7-10,18-19,21-23,25,27H,11-17H2,1-6H3. The van der Waals surface area contributed by atoms with Crippen LogP contribution in [0.15, 0.2) is 36.4 Å². The first kappa shape index (κ1) is 31.8. The SMILES string of the molecule is CC(C)[Si](OC1CCN(N2CCC(Cc3c(Cl)cc(Oc4ccc(C#N)cc4)cc3Cl)C2=O)CC1)(C(C)C)C(C)C. The molecule has 41 heavy (non-hydrogen) atoms. The van der Waals surface area contributed by atoms with Gasteiger partial charge in [-0.25, -0.2) is 5.01 Å². The van der Waals surface area contributed by atoms with Crippen molar-refractivity contribution in [3.63, 3.8) is 0 Å². The number of benzene rings is 2. The van der Waals surface area contributed by atoms with Crippen molar-refractivity contribution in [2.45, 2.75) is 90.0 Å². The van der Waals surface area contributed by atoms with Crippen LogP contribution in [0.2, 0.25) is 26.7 Å². The number of nitriles is 1. The molecule has 222 valence electrons. The van der Waals surface area contributed by atoms with Gasteiger partial charge in [-0.1, -0.05) is 64.7 Å². The van der Waals surface area contributed by atoms with Gasteiger partial charge in [-0.05, 0) is 84.3 Å². The van der Waals surface area contributed by atoms with Crippen LogP contribution >= 0.6 is 23.2 Å². The van der Waals surface area contributed by atoms with Crippen molar-refractivity contribution in [2.75, 3.05) is 19.6 Å². The molecule has 0 spiro atoms. The van der Waals surface area contributed by atoms with E-state index in [0.717, 1.165) is 37.9 Å². The number of hydrogen-bond acceptors (Lipinski definition) is 5.